The SMILES string of the molecule is CCCC(c1ccc2ccccc2c1)P(=O)(O)OC(C(=O)O)c1ccccc1. The van der Waals surface area contributed by atoms with Crippen LogP contribution in [0.15, 0.2) is 72.8 Å². The Morgan fingerprint density at radius 2 is 1.61 bits per heavy atom. The van der Waals surface area contributed by atoms with Crippen LogP contribution in [-0.2, 0) is 13.9 Å². The van der Waals surface area contributed by atoms with Crippen molar-refractivity contribution in [2.24, 2.45) is 0 Å². The van der Waals surface area contributed by atoms with E-state index in [1.54, 1.807) is 30.3 Å². The number of hydrogen-bond donors (Lipinski definition) is 2. The Balaban J connectivity index is 1.96. The number of aliphatic carboxylic acids is 1. The van der Waals surface area contributed by atoms with E-state index in [0.29, 0.717) is 24.0 Å². The first kappa shape index (κ1) is 20.3. The lowest BCUT2D eigenvalue weighted by molar-refractivity contribution is -0.145. The third kappa shape index (κ3) is 4.50. The molecule has 6 heteroatoms. The molecule has 146 valence electrons. The molecule has 3 aromatic carbocycles. The number of rotatable bonds is 8. The van der Waals surface area contributed by atoms with Gasteiger partial charge in [-0.15, -0.1) is 0 Å². The van der Waals surface area contributed by atoms with Crippen molar-refractivity contribution in [1.82, 2.24) is 0 Å². The Labute approximate surface area is 164 Å². The van der Waals surface area contributed by atoms with Crippen LogP contribution >= 0.6 is 7.60 Å². The lowest BCUT2D eigenvalue weighted by atomic mass is 10.0. The van der Waals surface area contributed by atoms with Crippen LogP contribution in [0.2, 0.25) is 0 Å². The third-order valence-corrected chi connectivity index (χ3v) is 6.55. The topological polar surface area (TPSA) is 83.8 Å². The zero-order valence-corrected chi connectivity index (χ0v) is 16.5. The summed E-state index contributed by atoms with van der Waals surface area (Å²) >= 11 is 0. The summed E-state index contributed by atoms with van der Waals surface area (Å²) in [5.41, 5.74) is 0.203. The fourth-order valence-corrected chi connectivity index (χ4v) is 5.09. The van der Waals surface area contributed by atoms with Gasteiger partial charge in [0.2, 0.25) is 0 Å². The van der Waals surface area contributed by atoms with Gasteiger partial charge in [-0.2, -0.15) is 0 Å². The van der Waals surface area contributed by atoms with Gasteiger partial charge in [-0.05, 0) is 28.3 Å². The average Bonchev–Trinajstić information content (AvgIpc) is 2.70. The Morgan fingerprint density at radius 1 is 0.964 bits per heavy atom. The van der Waals surface area contributed by atoms with Crippen molar-refractivity contribution in [3.8, 4) is 0 Å². The molecule has 0 amide bonds. The molecule has 2 N–H and O–H groups in total. The maximum absolute atomic E-state index is 13.2. The summed E-state index contributed by atoms with van der Waals surface area (Å²) in [6.45, 7) is 1.92. The van der Waals surface area contributed by atoms with Gasteiger partial charge in [0.15, 0.2) is 6.10 Å². The molecule has 0 aromatic heterocycles. The van der Waals surface area contributed by atoms with Gasteiger partial charge in [-0.25, -0.2) is 4.79 Å². The van der Waals surface area contributed by atoms with Crippen molar-refractivity contribution in [1.29, 1.82) is 0 Å². The van der Waals surface area contributed by atoms with Crippen LogP contribution < -0.4 is 0 Å². The van der Waals surface area contributed by atoms with Gasteiger partial charge >= 0.3 is 13.6 Å². The largest absolute Gasteiger partial charge is 0.479 e. The van der Waals surface area contributed by atoms with Crippen LogP contribution in [-0.4, -0.2) is 16.0 Å². The lowest BCUT2D eigenvalue weighted by Gasteiger charge is -2.26. The van der Waals surface area contributed by atoms with Crippen LogP contribution in [0.3, 0.4) is 0 Å². The van der Waals surface area contributed by atoms with Crippen molar-refractivity contribution in [3.63, 3.8) is 0 Å². The molecule has 3 unspecified atom stereocenters. The number of benzene rings is 3. The maximum Gasteiger partial charge on any atom is 0.338 e. The van der Waals surface area contributed by atoms with Crippen LogP contribution in [0.5, 0.6) is 0 Å². The molecular formula is C22H23O5P. The fourth-order valence-electron chi connectivity index (χ4n) is 3.31. The highest BCUT2D eigenvalue weighted by atomic mass is 31.2. The van der Waals surface area contributed by atoms with Gasteiger partial charge in [0.1, 0.15) is 0 Å². The van der Waals surface area contributed by atoms with E-state index >= 15 is 0 Å². The van der Waals surface area contributed by atoms with Crippen molar-refractivity contribution in [2.45, 2.75) is 31.5 Å². The van der Waals surface area contributed by atoms with E-state index in [9.17, 15) is 19.4 Å². The second-order valence-corrected chi connectivity index (χ2v) is 8.67. The summed E-state index contributed by atoms with van der Waals surface area (Å²) in [5.74, 6) is -1.30. The molecular weight excluding hydrogens is 375 g/mol. The second-order valence-electron chi connectivity index (χ2n) is 6.71. The van der Waals surface area contributed by atoms with E-state index in [4.69, 9.17) is 4.52 Å². The Kier molecular flexibility index (Phi) is 6.30. The predicted octanol–water partition coefficient (Wildman–Crippen LogP) is 5.71. The Morgan fingerprint density at radius 3 is 2.25 bits per heavy atom. The number of hydrogen-bond acceptors (Lipinski definition) is 3. The number of carbonyl (C=O) groups is 1. The molecule has 3 aromatic rings. The molecule has 3 rings (SSSR count). The number of carboxylic acids is 1. The number of fused-ring (bicyclic) bond motifs is 1. The summed E-state index contributed by atoms with van der Waals surface area (Å²) in [4.78, 5) is 22.5. The van der Waals surface area contributed by atoms with Crippen molar-refractivity contribution < 1.29 is 23.9 Å². The Hall–Kier alpha value is -2.46. The fraction of sp³-hybridized carbons (Fsp3) is 0.227. The van der Waals surface area contributed by atoms with E-state index in [0.717, 1.165) is 10.8 Å². The summed E-state index contributed by atoms with van der Waals surface area (Å²) in [7, 11) is -4.28. The average molecular weight is 398 g/mol. The second kappa shape index (κ2) is 8.70. The first-order valence-corrected chi connectivity index (χ1v) is 10.8. The molecule has 3 atom stereocenters. The molecule has 0 radical (unpaired) electrons. The zero-order chi connectivity index (χ0) is 20.1. The lowest BCUT2D eigenvalue weighted by Crippen LogP contribution is -2.16. The third-order valence-electron chi connectivity index (χ3n) is 4.70. The van der Waals surface area contributed by atoms with Crippen molar-refractivity contribution in [2.75, 3.05) is 0 Å². The molecule has 0 aliphatic rings. The minimum absolute atomic E-state index is 0.332. The highest BCUT2D eigenvalue weighted by Gasteiger charge is 2.38. The summed E-state index contributed by atoms with van der Waals surface area (Å²) in [6.07, 6.45) is -0.432. The quantitative estimate of drug-likeness (QED) is 0.475. The molecule has 0 aliphatic heterocycles. The molecule has 0 spiro atoms. The molecule has 0 heterocycles. The monoisotopic (exact) mass is 398 g/mol. The van der Waals surface area contributed by atoms with Gasteiger partial charge in [-0.1, -0.05) is 86.1 Å². The van der Waals surface area contributed by atoms with Crippen LogP contribution in [0.1, 0.15) is 42.7 Å². The van der Waals surface area contributed by atoms with Crippen LogP contribution in [0.4, 0.5) is 0 Å². The van der Waals surface area contributed by atoms with E-state index in [1.807, 2.05) is 49.4 Å². The standard InChI is InChI=1S/C22H23O5P/c1-2-8-20(19-14-13-16-9-6-7-12-18(16)15-19)28(25,26)27-21(22(23)24)17-10-4-3-5-11-17/h3-7,9-15,20-21H,2,8H2,1H3,(H,23,24)(H,25,26). The summed E-state index contributed by atoms with van der Waals surface area (Å²) in [6, 6.07) is 21.6. The minimum Gasteiger partial charge on any atom is -0.479 e. The molecule has 0 fully saturated rings. The molecule has 0 saturated heterocycles. The number of carboxylic acid groups (broad SMARTS) is 1. The predicted molar refractivity (Wildman–Crippen MR) is 109 cm³/mol. The van der Waals surface area contributed by atoms with E-state index in [1.165, 1.54) is 0 Å². The maximum atomic E-state index is 13.2. The molecule has 0 aliphatic carbocycles. The van der Waals surface area contributed by atoms with E-state index in [-0.39, 0.29) is 0 Å². The van der Waals surface area contributed by atoms with Gasteiger partial charge in [0.05, 0.1) is 5.66 Å². The summed E-state index contributed by atoms with van der Waals surface area (Å²) < 4.78 is 18.6. The minimum atomic E-state index is -4.28. The van der Waals surface area contributed by atoms with Gasteiger partial charge < -0.3 is 10.00 Å². The highest BCUT2D eigenvalue weighted by molar-refractivity contribution is 7.53. The first-order chi connectivity index (χ1) is 13.4. The molecule has 0 saturated carbocycles. The van der Waals surface area contributed by atoms with Crippen LogP contribution in [0.25, 0.3) is 10.8 Å². The van der Waals surface area contributed by atoms with Crippen molar-refractivity contribution in [3.05, 3.63) is 83.9 Å². The first-order valence-electron chi connectivity index (χ1n) is 9.19. The zero-order valence-electron chi connectivity index (χ0n) is 15.6. The molecule has 28 heavy (non-hydrogen) atoms. The highest BCUT2D eigenvalue weighted by Crippen LogP contribution is 2.61. The normalized spacial score (nSPS) is 15.6. The molecule has 5 nitrogen and oxygen atoms in total. The van der Waals surface area contributed by atoms with Gasteiger partial charge in [-0.3, -0.25) is 9.09 Å². The van der Waals surface area contributed by atoms with E-state index < -0.39 is 25.3 Å². The van der Waals surface area contributed by atoms with Gasteiger partial charge in [0.25, 0.3) is 0 Å². The van der Waals surface area contributed by atoms with Gasteiger partial charge in [0, 0.05) is 0 Å². The Bertz CT molecular complexity index is 1000. The smallest absolute Gasteiger partial charge is 0.338 e. The molecule has 0 bridgehead atoms. The van der Waals surface area contributed by atoms with Crippen LogP contribution in [0, 0.1) is 0 Å². The van der Waals surface area contributed by atoms with E-state index in [2.05, 4.69) is 0 Å². The van der Waals surface area contributed by atoms with Crippen molar-refractivity contribution >= 4 is 24.3 Å². The summed E-state index contributed by atoms with van der Waals surface area (Å²) in [5, 5.41) is 11.5.